The molecule has 0 radical (unpaired) electrons. The molecule has 0 aliphatic carbocycles. The lowest BCUT2D eigenvalue weighted by Crippen LogP contribution is -2.43. The molecule has 0 fully saturated rings. The topological polar surface area (TPSA) is 58.2 Å². The van der Waals surface area contributed by atoms with Crippen molar-refractivity contribution in [2.75, 3.05) is 0 Å². The Bertz CT molecular complexity index is 679. The number of benzene rings is 2. The summed E-state index contributed by atoms with van der Waals surface area (Å²) in [6, 6.07) is 16.8. The van der Waals surface area contributed by atoms with Gasteiger partial charge in [-0.2, -0.15) is 0 Å². The summed E-state index contributed by atoms with van der Waals surface area (Å²) in [7, 11) is 0. The Morgan fingerprint density at radius 1 is 0.875 bits per heavy atom. The van der Waals surface area contributed by atoms with Crippen LogP contribution in [0.1, 0.15) is 48.2 Å². The SMILES string of the molecule is CC(C)Cc1ccc(C(C)C(=O)NNC(=O)c2ccccc2)cc1. The van der Waals surface area contributed by atoms with E-state index in [1.165, 1.54) is 5.56 Å². The zero-order valence-corrected chi connectivity index (χ0v) is 14.4. The Labute approximate surface area is 143 Å². The maximum absolute atomic E-state index is 12.2. The van der Waals surface area contributed by atoms with Crippen molar-refractivity contribution in [2.24, 2.45) is 5.92 Å². The van der Waals surface area contributed by atoms with Crippen molar-refractivity contribution in [2.45, 2.75) is 33.1 Å². The monoisotopic (exact) mass is 324 g/mol. The molecule has 0 aromatic heterocycles. The van der Waals surface area contributed by atoms with Crippen LogP contribution in [0.15, 0.2) is 54.6 Å². The van der Waals surface area contributed by atoms with E-state index in [2.05, 4.69) is 36.8 Å². The number of carbonyl (C=O) groups is 2. The van der Waals surface area contributed by atoms with Gasteiger partial charge in [-0.15, -0.1) is 0 Å². The third kappa shape index (κ3) is 4.95. The number of rotatable bonds is 5. The second kappa shape index (κ2) is 8.29. The normalized spacial score (nSPS) is 11.8. The fourth-order valence-corrected chi connectivity index (χ4v) is 2.45. The highest BCUT2D eigenvalue weighted by atomic mass is 16.2. The van der Waals surface area contributed by atoms with Gasteiger partial charge in [-0.1, -0.05) is 56.3 Å². The zero-order valence-electron chi connectivity index (χ0n) is 14.4. The molecular weight excluding hydrogens is 300 g/mol. The fraction of sp³-hybridized carbons (Fsp3) is 0.300. The highest BCUT2D eigenvalue weighted by Crippen LogP contribution is 2.17. The van der Waals surface area contributed by atoms with Gasteiger partial charge >= 0.3 is 0 Å². The minimum Gasteiger partial charge on any atom is -0.273 e. The first-order chi connectivity index (χ1) is 11.5. The Morgan fingerprint density at radius 2 is 1.50 bits per heavy atom. The summed E-state index contributed by atoms with van der Waals surface area (Å²) < 4.78 is 0. The minimum absolute atomic E-state index is 0.240. The van der Waals surface area contributed by atoms with Crippen LogP contribution in [0.3, 0.4) is 0 Å². The minimum atomic E-state index is -0.339. The third-order valence-corrected chi connectivity index (χ3v) is 3.85. The average Bonchev–Trinajstić information content (AvgIpc) is 2.59. The molecule has 4 nitrogen and oxygen atoms in total. The maximum atomic E-state index is 12.2. The summed E-state index contributed by atoms with van der Waals surface area (Å²) in [4.78, 5) is 24.1. The molecule has 126 valence electrons. The van der Waals surface area contributed by atoms with Crippen molar-refractivity contribution in [1.29, 1.82) is 0 Å². The molecule has 0 spiro atoms. The van der Waals surface area contributed by atoms with Gasteiger partial charge in [0.15, 0.2) is 0 Å². The van der Waals surface area contributed by atoms with Crippen LogP contribution in [0.5, 0.6) is 0 Å². The smallest absolute Gasteiger partial charge is 0.269 e. The number of hydrogen-bond acceptors (Lipinski definition) is 2. The van der Waals surface area contributed by atoms with E-state index in [4.69, 9.17) is 0 Å². The molecule has 1 unspecified atom stereocenters. The van der Waals surface area contributed by atoms with Gasteiger partial charge < -0.3 is 0 Å². The molecule has 0 aliphatic rings. The Hall–Kier alpha value is -2.62. The van der Waals surface area contributed by atoms with Crippen molar-refractivity contribution in [3.05, 3.63) is 71.3 Å². The second-order valence-electron chi connectivity index (χ2n) is 6.37. The Morgan fingerprint density at radius 3 is 2.08 bits per heavy atom. The van der Waals surface area contributed by atoms with Crippen LogP contribution in [-0.4, -0.2) is 11.8 Å². The summed E-state index contributed by atoms with van der Waals surface area (Å²) in [6.45, 7) is 6.18. The molecule has 2 aromatic rings. The molecule has 24 heavy (non-hydrogen) atoms. The van der Waals surface area contributed by atoms with Crippen molar-refractivity contribution >= 4 is 11.8 Å². The molecule has 1 atom stereocenters. The molecule has 0 saturated heterocycles. The van der Waals surface area contributed by atoms with E-state index in [0.29, 0.717) is 11.5 Å². The summed E-state index contributed by atoms with van der Waals surface area (Å²) in [6.07, 6.45) is 1.02. The van der Waals surface area contributed by atoms with Crippen LogP contribution >= 0.6 is 0 Å². The van der Waals surface area contributed by atoms with Gasteiger partial charge in [0, 0.05) is 5.56 Å². The quantitative estimate of drug-likeness (QED) is 0.828. The molecular formula is C20H24N2O2. The Kier molecular flexibility index (Phi) is 6.13. The molecule has 4 heteroatoms. The predicted octanol–water partition coefficient (Wildman–Crippen LogP) is 3.45. The van der Waals surface area contributed by atoms with Gasteiger partial charge in [0.05, 0.1) is 5.92 Å². The number of nitrogens with one attached hydrogen (secondary N) is 2. The predicted molar refractivity (Wildman–Crippen MR) is 95.4 cm³/mol. The van der Waals surface area contributed by atoms with E-state index < -0.39 is 0 Å². The molecule has 2 rings (SSSR count). The lowest BCUT2D eigenvalue weighted by Gasteiger charge is -2.14. The average molecular weight is 324 g/mol. The number of hydrazine groups is 1. The Balaban J connectivity index is 1.91. The molecule has 0 saturated carbocycles. The summed E-state index contributed by atoms with van der Waals surface area (Å²) >= 11 is 0. The van der Waals surface area contributed by atoms with Crippen LogP contribution in [-0.2, 0) is 11.2 Å². The van der Waals surface area contributed by atoms with Gasteiger partial charge in [-0.3, -0.25) is 20.4 Å². The zero-order chi connectivity index (χ0) is 17.5. The van der Waals surface area contributed by atoms with Crippen LogP contribution in [0, 0.1) is 5.92 Å². The second-order valence-corrected chi connectivity index (χ2v) is 6.37. The van der Waals surface area contributed by atoms with Crippen LogP contribution in [0.4, 0.5) is 0 Å². The van der Waals surface area contributed by atoms with Gasteiger partial charge in [0.1, 0.15) is 0 Å². The lowest BCUT2D eigenvalue weighted by atomic mass is 9.96. The van der Waals surface area contributed by atoms with Gasteiger partial charge in [0.2, 0.25) is 5.91 Å². The van der Waals surface area contributed by atoms with Crippen molar-refractivity contribution < 1.29 is 9.59 Å². The van der Waals surface area contributed by atoms with Crippen LogP contribution in [0.25, 0.3) is 0 Å². The van der Waals surface area contributed by atoms with E-state index in [-0.39, 0.29) is 17.7 Å². The first-order valence-corrected chi connectivity index (χ1v) is 8.21. The van der Waals surface area contributed by atoms with E-state index in [0.717, 1.165) is 12.0 Å². The van der Waals surface area contributed by atoms with Gasteiger partial charge in [-0.05, 0) is 42.5 Å². The highest BCUT2D eigenvalue weighted by molar-refractivity contribution is 5.95. The molecule has 0 aliphatic heterocycles. The van der Waals surface area contributed by atoms with E-state index in [9.17, 15) is 9.59 Å². The van der Waals surface area contributed by atoms with Crippen molar-refractivity contribution in [3.63, 3.8) is 0 Å². The maximum Gasteiger partial charge on any atom is 0.269 e. The molecule has 2 aromatic carbocycles. The number of carbonyl (C=O) groups excluding carboxylic acids is 2. The summed E-state index contributed by atoms with van der Waals surface area (Å²) in [5.41, 5.74) is 7.63. The number of amides is 2. The lowest BCUT2D eigenvalue weighted by molar-refractivity contribution is -0.123. The van der Waals surface area contributed by atoms with E-state index in [1.54, 1.807) is 24.3 Å². The van der Waals surface area contributed by atoms with Crippen LogP contribution in [0.2, 0.25) is 0 Å². The van der Waals surface area contributed by atoms with Gasteiger partial charge in [0.25, 0.3) is 5.91 Å². The molecule has 0 heterocycles. The third-order valence-electron chi connectivity index (χ3n) is 3.85. The first-order valence-electron chi connectivity index (χ1n) is 8.21. The van der Waals surface area contributed by atoms with Crippen molar-refractivity contribution in [1.82, 2.24) is 10.9 Å². The largest absolute Gasteiger partial charge is 0.273 e. The summed E-state index contributed by atoms with van der Waals surface area (Å²) in [5.74, 6) is -0.307. The standard InChI is InChI=1S/C20H24N2O2/c1-14(2)13-16-9-11-17(12-10-16)15(3)19(23)21-22-20(24)18-7-5-4-6-8-18/h4-12,14-15H,13H2,1-3H3,(H,21,23)(H,22,24). The molecule has 0 bridgehead atoms. The fourth-order valence-electron chi connectivity index (χ4n) is 2.45. The first kappa shape index (κ1) is 17.7. The highest BCUT2D eigenvalue weighted by Gasteiger charge is 2.16. The van der Waals surface area contributed by atoms with E-state index in [1.807, 2.05) is 25.1 Å². The summed E-state index contributed by atoms with van der Waals surface area (Å²) in [5, 5.41) is 0. The molecule has 2 amide bonds. The van der Waals surface area contributed by atoms with Crippen molar-refractivity contribution in [3.8, 4) is 0 Å². The van der Waals surface area contributed by atoms with Crippen LogP contribution < -0.4 is 10.9 Å². The van der Waals surface area contributed by atoms with Gasteiger partial charge in [-0.25, -0.2) is 0 Å². The molecule has 2 N–H and O–H groups in total. The van der Waals surface area contributed by atoms with E-state index >= 15 is 0 Å². The number of hydrogen-bond donors (Lipinski definition) is 2.